The van der Waals surface area contributed by atoms with E-state index in [0.29, 0.717) is 0 Å². The molecule has 0 amide bonds. The molecule has 0 saturated carbocycles. The van der Waals surface area contributed by atoms with Crippen molar-refractivity contribution in [2.24, 2.45) is 0 Å². The molecule has 4 heteroatoms. The summed E-state index contributed by atoms with van der Waals surface area (Å²) in [6.45, 7) is 9.52. The standard InChI is InChI=1S/C19H28BNO2/c1-18(2)19(3,4)23-20(22-18)17-8-6-5-7-14(17)13-21-15-9-10-16(21)12-11-15/h5-8,15-16H,9-13H2,1-4H3. The highest BCUT2D eigenvalue weighted by atomic mass is 16.7. The Balaban J connectivity index is 1.59. The zero-order valence-electron chi connectivity index (χ0n) is 14.8. The van der Waals surface area contributed by atoms with Crippen molar-refractivity contribution >= 4 is 12.6 Å². The molecular formula is C19H28BNO2. The molecule has 1 aromatic rings. The van der Waals surface area contributed by atoms with Crippen molar-refractivity contribution in [3.8, 4) is 0 Å². The second kappa shape index (κ2) is 5.33. The van der Waals surface area contributed by atoms with Crippen molar-refractivity contribution < 1.29 is 9.31 Å². The lowest BCUT2D eigenvalue weighted by Gasteiger charge is -2.32. The van der Waals surface area contributed by atoms with Crippen LogP contribution >= 0.6 is 0 Å². The minimum Gasteiger partial charge on any atom is -0.399 e. The van der Waals surface area contributed by atoms with Gasteiger partial charge >= 0.3 is 7.12 Å². The zero-order chi connectivity index (χ0) is 16.2. The van der Waals surface area contributed by atoms with E-state index in [4.69, 9.17) is 9.31 Å². The fraction of sp³-hybridized carbons (Fsp3) is 0.684. The van der Waals surface area contributed by atoms with E-state index in [2.05, 4.69) is 56.9 Å². The molecule has 0 aliphatic carbocycles. The lowest BCUT2D eigenvalue weighted by atomic mass is 9.76. The third-order valence-electron chi connectivity index (χ3n) is 6.52. The first-order chi connectivity index (χ1) is 10.9. The van der Waals surface area contributed by atoms with Crippen LogP contribution in [0.3, 0.4) is 0 Å². The van der Waals surface area contributed by atoms with Gasteiger partial charge in [0.05, 0.1) is 11.2 Å². The fourth-order valence-corrected chi connectivity index (χ4v) is 4.35. The van der Waals surface area contributed by atoms with Gasteiger partial charge in [0.2, 0.25) is 0 Å². The Morgan fingerprint density at radius 2 is 1.48 bits per heavy atom. The smallest absolute Gasteiger partial charge is 0.399 e. The third kappa shape index (κ3) is 2.55. The molecule has 0 spiro atoms. The van der Waals surface area contributed by atoms with Crippen LogP contribution in [-0.2, 0) is 15.9 Å². The zero-order valence-corrected chi connectivity index (χ0v) is 14.8. The molecule has 3 nitrogen and oxygen atoms in total. The molecule has 3 fully saturated rings. The van der Waals surface area contributed by atoms with Gasteiger partial charge in [-0.05, 0) is 64.4 Å². The van der Waals surface area contributed by atoms with E-state index >= 15 is 0 Å². The Bertz CT molecular complexity index is 565. The maximum Gasteiger partial charge on any atom is 0.495 e. The van der Waals surface area contributed by atoms with Crippen LogP contribution in [-0.4, -0.2) is 35.3 Å². The molecule has 3 aliphatic rings. The Morgan fingerprint density at radius 1 is 0.957 bits per heavy atom. The van der Waals surface area contributed by atoms with Crippen molar-refractivity contribution in [2.45, 2.75) is 83.2 Å². The van der Waals surface area contributed by atoms with E-state index in [0.717, 1.165) is 18.6 Å². The van der Waals surface area contributed by atoms with E-state index in [1.165, 1.54) is 36.7 Å². The van der Waals surface area contributed by atoms with Crippen LogP contribution < -0.4 is 5.46 Å². The van der Waals surface area contributed by atoms with Crippen molar-refractivity contribution in [1.82, 2.24) is 4.90 Å². The maximum absolute atomic E-state index is 6.28. The summed E-state index contributed by atoms with van der Waals surface area (Å²) >= 11 is 0. The van der Waals surface area contributed by atoms with Gasteiger partial charge in [0.1, 0.15) is 0 Å². The summed E-state index contributed by atoms with van der Waals surface area (Å²) in [6, 6.07) is 10.3. The van der Waals surface area contributed by atoms with Crippen molar-refractivity contribution in [2.75, 3.05) is 0 Å². The molecular weight excluding hydrogens is 285 g/mol. The van der Waals surface area contributed by atoms with Gasteiger partial charge in [-0.1, -0.05) is 24.3 Å². The Kier molecular flexibility index (Phi) is 3.64. The highest BCUT2D eigenvalue weighted by molar-refractivity contribution is 6.62. The second-order valence-corrected chi connectivity index (χ2v) is 8.42. The maximum atomic E-state index is 6.28. The summed E-state index contributed by atoms with van der Waals surface area (Å²) in [7, 11) is -0.253. The monoisotopic (exact) mass is 313 g/mol. The van der Waals surface area contributed by atoms with Gasteiger partial charge in [-0.2, -0.15) is 0 Å². The molecule has 0 N–H and O–H groups in total. The summed E-state index contributed by atoms with van der Waals surface area (Å²) in [5.74, 6) is 0. The first-order valence-corrected chi connectivity index (χ1v) is 9.06. The number of rotatable bonds is 3. The van der Waals surface area contributed by atoms with Crippen LogP contribution in [0.15, 0.2) is 24.3 Å². The normalized spacial score (nSPS) is 31.9. The van der Waals surface area contributed by atoms with Crippen LogP contribution in [0.4, 0.5) is 0 Å². The van der Waals surface area contributed by atoms with Crippen LogP contribution in [0.25, 0.3) is 0 Å². The number of hydrogen-bond acceptors (Lipinski definition) is 3. The molecule has 124 valence electrons. The summed E-state index contributed by atoms with van der Waals surface area (Å²) < 4.78 is 12.6. The first-order valence-electron chi connectivity index (χ1n) is 9.06. The lowest BCUT2D eigenvalue weighted by molar-refractivity contribution is 0.00578. The van der Waals surface area contributed by atoms with Gasteiger partial charge in [-0.15, -0.1) is 0 Å². The molecule has 3 heterocycles. The Labute approximate surface area is 140 Å². The Hall–Kier alpha value is -0.835. The van der Waals surface area contributed by atoms with Gasteiger partial charge in [0.15, 0.2) is 0 Å². The highest BCUT2D eigenvalue weighted by Gasteiger charge is 2.52. The number of nitrogens with zero attached hydrogens (tertiary/aromatic N) is 1. The predicted molar refractivity (Wildman–Crippen MR) is 93.7 cm³/mol. The summed E-state index contributed by atoms with van der Waals surface area (Å²) in [5.41, 5.74) is 2.01. The molecule has 3 saturated heterocycles. The van der Waals surface area contributed by atoms with E-state index in [-0.39, 0.29) is 18.3 Å². The predicted octanol–water partition coefficient (Wildman–Crippen LogP) is 3.11. The topological polar surface area (TPSA) is 21.7 Å². The summed E-state index contributed by atoms with van der Waals surface area (Å²) in [5, 5.41) is 0. The molecule has 2 bridgehead atoms. The average Bonchev–Trinajstić information content (AvgIpc) is 3.12. The van der Waals surface area contributed by atoms with Gasteiger partial charge in [0, 0.05) is 18.6 Å². The molecule has 23 heavy (non-hydrogen) atoms. The number of fused-ring (bicyclic) bond motifs is 2. The molecule has 0 atom stereocenters. The van der Waals surface area contributed by atoms with Crippen molar-refractivity contribution in [3.05, 3.63) is 29.8 Å². The molecule has 0 aromatic heterocycles. The van der Waals surface area contributed by atoms with Crippen molar-refractivity contribution in [3.63, 3.8) is 0 Å². The lowest BCUT2D eigenvalue weighted by Crippen LogP contribution is -2.41. The number of hydrogen-bond donors (Lipinski definition) is 0. The van der Waals surface area contributed by atoms with Gasteiger partial charge in [0.25, 0.3) is 0 Å². The molecule has 0 unspecified atom stereocenters. The quantitative estimate of drug-likeness (QED) is 0.800. The van der Waals surface area contributed by atoms with Gasteiger partial charge in [-0.25, -0.2) is 0 Å². The molecule has 0 radical (unpaired) electrons. The highest BCUT2D eigenvalue weighted by Crippen LogP contribution is 2.39. The number of benzene rings is 1. The van der Waals surface area contributed by atoms with E-state index in [1.807, 2.05) is 0 Å². The first kappa shape index (κ1) is 15.7. The third-order valence-corrected chi connectivity index (χ3v) is 6.52. The van der Waals surface area contributed by atoms with Crippen LogP contribution in [0.1, 0.15) is 58.9 Å². The van der Waals surface area contributed by atoms with Crippen LogP contribution in [0.2, 0.25) is 0 Å². The summed E-state index contributed by atoms with van der Waals surface area (Å²) in [4.78, 5) is 2.71. The SMILES string of the molecule is CC1(C)OB(c2ccccc2CN2C3CCC2CC3)OC1(C)C. The van der Waals surface area contributed by atoms with Crippen molar-refractivity contribution in [1.29, 1.82) is 0 Å². The minimum absolute atomic E-state index is 0.253. The van der Waals surface area contributed by atoms with Gasteiger partial charge in [-0.3, -0.25) is 4.90 Å². The van der Waals surface area contributed by atoms with Crippen LogP contribution in [0.5, 0.6) is 0 Å². The minimum atomic E-state index is -0.280. The molecule has 4 rings (SSSR count). The Morgan fingerprint density at radius 3 is 2.04 bits per heavy atom. The van der Waals surface area contributed by atoms with E-state index < -0.39 is 0 Å². The molecule has 3 aliphatic heterocycles. The molecule has 1 aromatic carbocycles. The second-order valence-electron chi connectivity index (χ2n) is 8.42. The van der Waals surface area contributed by atoms with E-state index in [9.17, 15) is 0 Å². The summed E-state index contributed by atoms with van der Waals surface area (Å²) in [6.07, 6.45) is 5.51. The van der Waals surface area contributed by atoms with Gasteiger partial charge < -0.3 is 9.31 Å². The fourth-order valence-electron chi connectivity index (χ4n) is 4.35. The largest absolute Gasteiger partial charge is 0.495 e. The van der Waals surface area contributed by atoms with Crippen LogP contribution in [0, 0.1) is 0 Å². The van der Waals surface area contributed by atoms with E-state index in [1.54, 1.807) is 0 Å². The average molecular weight is 313 g/mol.